The van der Waals surface area contributed by atoms with E-state index in [1.807, 2.05) is 37.3 Å². The monoisotopic (exact) mass is 464 g/mol. The Balaban J connectivity index is 1.46. The van der Waals surface area contributed by atoms with Gasteiger partial charge in [0.05, 0.1) is 16.4 Å². The summed E-state index contributed by atoms with van der Waals surface area (Å²) in [6, 6.07) is 12.9. The summed E-state index contributed by atoms with van der Waals surface area (Å²) < 4.78 is 14.4. The summed E-state index contributed by atoms with van der Waals surface area (Å²) in [5.41, 5.74) is 7.17. The second-order valence-corrected chi connectivity index (χ2v) is 8.24. The molecule has 0 aliphatic carbocycles. The zero-order valence-corrected chi connectivity index (χ0v) is 18.9. The third kappa shape index (κ3) is 3.91. The Hall–Kier alpha value is -4.50. The van der Waals surface area contributed by atoms with E-state index in [0.29, 0.717) is 18.0 Å². The van der Waals surface area contributed by atoms with Gasteiger partial charge in [0, 0.05) is 41.8 Å². The van der Waals surface area contributed by atoms with Gasteiger partial charge in [-0.3, -0.25) is 5.10 Å². The third-order valence-corrected chi connectivity index (χ3v) is 5.90. The SMILES string of the molecule is CCNCc1cc(F)cc(-c2cccc3[nH]c(-c4[nH]nc5ncc(-c6cncnc6)cc45)nc23)c1. The van der Waals surface area contributed by atoms with Crippen molar-refractivity contribution in [3.8, 4) is 33.8 Å². The molecule has 0 unspecified atom stereocenters. The number of hydrogen-bond acceptors (Lipinski definition) is 6. The first-order valence-corrected chi connectivity index (χ1v) is 11.3. The molecule has 0 saturated heterocycles. The highest BCUT2D eigenvalue weighted by molar-refractivity contribution is 5.97. The second kappa shape index (κ2) is 8.69. The Labute approximate surface area is 199 Å². The number of nitrogens with one attached hydrogen (secondary N) is 3. The second-order valence-electron chi connectivity index (χ2n) is 8.24. The molecule has 8 nitrogen and oxygen atoms in total. The van der Waals surface area contributed by atoms with Crippen LogP contribution < -0.4 is 5.32 Å². The summed E-state index contributed by atoms with van der Waals surface area (Å²) in [5.74, 6) is 0.355. The summed E-state index contributed by atoms with van der Waals surface area (Å²) in [6.07, 6.45) is 6.72. The van der Waals surface area contributed by atoms with E-state index in [0.717, 1.165) is 56.5 Å². The normalized spacial score (nSPS) is 11.5. The van der Waals surface area contributed by atoms with Crippen molar-refractivity contribution in [1.82, 2.24) is 40.4 Å². The van der Waals surface area contributed by atoms with Gasteiger partial charge in [-0.25, -0.2) is 24.3 Å². The molecule has 6 rings (SSSR count). The van der Waals surface area contributed by atoms with Crippen molar-refractivity contribution in [2.45, 2.75) is 13.5 Å². The molecule has 6 aromatic rings. The number of aromatic amines is 2. The highest BCUT2D eigenvalue weighted by Crippen LogP contribution is 2.33. The van der Waals surface area contributed by atoms with Crippen molar-refractivity contribution in [1.29, 1.82) is 0 Å². The molecule has 0 atom stereocenters. The number of H-pyrrole nitrogens is 2. The van der Waals surface area contributed by atoms with Gasteiger partial charge in [-0.1, -0.05) is 19.1 Å². The van der Waals surface area contributed by atoms with Crippen LogP contribution in [0.5, 0.6) is 0 Å². The molecule has 0 bridgehead atoms. The lowest BCUT2D eigenvalue weighted by Gasteiger charge is -2.08. The van der Waals surface area contributed by atoms with Crippen molar-refractivity contribution < 1.29 is 4.39 Å². The fourth-order valence-electron chi connectivity index (χ4n) is 4.25. The Morgan fingerprint density at radius 2 is 1.86 bits per heavy atom. The Morgan fingerprint density at radius 3 is 2.71 bits per heavy atom. The number of rotatable bonds is 6. The smallest absolute Gasteiger partial charge is 0.181 e. The number of fused-ring (bicyclic) bond motifs is 2. The van der Waals surface area contributed by atoms with Gasteiger partial charge in [0.1, 0.15) is 17.8 Å². The summed E-state index contributed by atoms with van der Waals surface area (Å²) in [7, 11) is 0. The molecule has 4 aromatic heterocycles. The van der Waals surface area contributed by atoms with Gasteiger partial charge in [-0.15, -0.1) is 0 Å². The number of pyridine rings is 1. The van der Waals surface area contributed by atoms with E-state index in [-0.39, 0.29) is 5.82 Å². The van der Waals surface area contributed by atoms with Gasteiger partial charge >= 0.3 is 0 Å². The van der Waals surface area contributed by atoms with Crippen LogP contribution >= 0.6 is 0 Å². The number of imidazole rings is 1. The van der Waals surface area contributed by atoms with Crippen LogP contribution in [0, 0.1) is 5.82 Å². The van der Waals surface area contributed by atoms with Crippen LogP contribution in [-0.2, 0) is 6.54 Å². The highest BCUT2D eigenvalue weighted by atomic mass is 19.1. The first-order valence-electron chi connectivity index (χ1n) is 11.3. The fourth-order valence-corrected chi connectivity index (χ4v) is 4.25. The maximum Gasteiger partial charge on any atom is 0.181 e. The lowest BCUT2D eigenvalue weighted by molar-refractivity contribution is 0.622. The van der Waals surface area contributed by atoms with Crippen LogP contribution in [-0.4, -0.2) is 41.7 Å². The number of nitrogens with zero attached hydrogens (tertiary/aromatic N) is 5. The van der Waals surface area contributed by atoms with Crippen LogP contribution in [0.4, 0.5) is 4.39 Å². The van der Waals surface area contributed by atoms with Gasteiger partial charge in [0.2, 0.25) is 0 Å². The molecule has 0 spiro atoms. The van der Waals surface area contributed by atoms with Gasteiger partial charge in [-0.2, -0.15) is 5.10 Å². The first-order chi connectivity index (χ1) is 17.2. The van der Waals surface area contributed by atoms with E-state index >= 15 is 0 Å². The standard InChI is InChI=1S/C26H21FN8/c1-2-28-10-15-6-16(8-19(27)7-15)20-4-3-5-22-23(20)33-26(32-22)24-21-9-17(13-31-25(21)35-34-24)18-11-29-14-30-12-18/h3-9,11-14,28H,2,10H2,1H3,(H,32,33)(H,31,34,35). The number of halogens is 1. The summed E-state index contributed by atoms with van der Waals surface area (Å²) in [5, 5.41) is 11.5. The summed E-state index contributed by atoms with van der Waals surface area (Å²) in [4.78, 5) is 20.9. The Kier molecular flexibility index (Phi) is 5.23. The van der Waals surface area contributed by atoms with E-state index < -0.39 is 0 Å². The average Bonchev–Trinajstić information content (AvgIpc) is 3.51. The zero-order chi connectivity index (χ0) is 23.8. The molecular weight excluding hydrogens is 443 g/mol. The minimum Gasteiger partial charge on any atom is -0.337 e. The van der Waals surface area contributed by atoms with Crippen molar-refractivity contribution in [2.24, 2.45) is 0 Å². The minimum absolute atomic E-state index is 0.272. The minimum atomic E-state index is -0.272. The molecule has 3 N–H and O–H groups in total. The van der Waals surface area contributed by atoms with Crippen LogP contribution in [0.1, 0.15) is 12.5 Å². The third-order valence-electron chi connectivity index (χ3n) is 5.90. The Morgan fingerprint density at radius 1 is 0.971 bits per heavy atom. The molecule has 0 saturated carbocycles. The highest BCUT2D eigenvalue weighted by Gasteiger charge is 2.16. The number of para-hydroxylation sites is 1. The Bertz CT molecular complexity index is 1660. The van der Waals surface area contributed by atoms with Crippen LogP contribution in [0.15, 0.2) is 67.4 Å². The van der Waals surface area contributed by atoms with E-state index in [4.69, 9.17) is 4.98 Å². The van der Waals surface area contributed by atoms with Gasteiger partial charge < -0.3 is 10.3 Å². The van der Waals surface area contributed by atoms with E-state index in [2.05, 4.69) is 35.5 Å². The molecule has 9 heteroatoms. The molecular formula is C26H21FN8. The number of aromatic nitrogens is 7. The van der Waals surface area contributed by atoms with E-state index in [1.165, 1.54) is 6.33 Å². The molecule has 0 amide bonds. The zero-order valence-electron chi connectivity index (χ0n) is 18.9. The molecule has 0 fully saturated rings. The van der Waals surface area contributed by atoms with Gasteiger partial charge in [0.15, 0.2) is 11.5 Å². The molecule has 0 radical (unpaired) electrons. The maximum atomic E-state index is 14.4. The van der Waals surface area contributed by atoms with Crippen molar-refractivity contribution >= 4 is 22.1 Å². The number of benzene rings is 2. The average molecular weight is 465 g/mol. The lowest BCUT2D eigenvalue weighted by Crippen LogP contribution is -2.11. The number of hydrogen-bond donors (Lipinski definition) is 3. The summed E-state index contributed by atoms with van der Waals surface area (Å²) >= 11 is 0. The molecule has 0 aliphatic heterocycles. The van der Waals surface area contributed by atoms with E-state index in [1.54, 1.807) is 30.7 Å². The van der Waals surface area contributed by atoms with Crippen LogP contribution in [0.25, 0.3) is 55.8 Å². The lowest BCUT2D eigenvalue weighted by atomic mass is 10.0. The van der Waals surface area contributed by atoms with Gasteiger partial charge in [-0.05, 0) is 48.0 Å². The van der Waals surface area contributed by atoms with Crippen molar-refractivity contribution in [3.63, 3.8) is 0 Å². The van der Waals surface area contributed by atoms with Crippen molar-refractivity contribution in [3.05, 3.63) is 78.8 Å². The fraction of sp³-hybridized carbons (Fsp3) is 0.115. The molecule has 4 heterocycles. The van der Waals surface area contributed by atoms with Crippen molar-refractivity contribution in [2.75, 3.05) is 6.54 Å². The molecule has 172 valence electrons. The largest absolute Gasteiger partial charge is 0.337 e. The van der Waals surface area contributed by atoms with Crippen LogP contribution in [0.3, 0.4) is 0 Å². The predicted molar refractivity (Wildman–Crippen MR) is 133 cm³/mol. The van der Waals surface area contributed by atoms with Crippen LogP contribution in [0.2, 0.25) is 0 Å². The molecule has 35 heavy (non-hydrogen) atoms. The maximum absolute atomic E-state index is 14.4. The first kappa shape index (κ1) is 21.1. The topological polar surface area (TPSA) is 108 Å². The molecule has 2 aromatic carbocycles. The van der Waals surface area contributed by atoms with Gasteiger partial charge in [0.25, 0.3) is 0 Å². The quantitative estimate of drug-likeness (QED) is 0.324. The predicted octanol–water partition coefficient (Wildman–Crippen LogP) is 4.87. The summed E-state index contributed by atoms with van der Waals surface area (Å²) in [6.45, 7) is 3.44. The molecule has 0 aliphatic rings. The van der Waals surface area contributed by atoms with E-state index in [9.17, 15) is 4.39 Å².